The van der Waals surface area contributed by atoms with Crippen molar-refractivity contribution >= 4 is 27.5 Å². The molecule has 0 unspecified atom stereocenters. The highest BCUT2D eigenvalue weighted by molar-refractivity contribution is 9.08. The number of nitriles is 1. The van der Waals surface area contributed by atoms with Gasteiger partial charge in [0.1, 0.15) is 0 Å². The van der Waals surface area contributed by atoms with Gasteiger partial charge in [-0.05, 0) is 17.7 Å². The fraction of sp³-hybridized carbons (Fsp3) is 0.222. The number of nitrogens with zero attached hydrogens (tertiary/aromatic N) is 1. The smallest absolute Gasteiger partial charge is 0.192 e. The molecule has 1 aromatic rings. The number of alkyl halides is 4. The lowest BCUT2D eigenvalue weighted by atomic mass is 10.0. The minimum absolute atomic E-state index is 0.0398. The van der Waals surface area contributed by atoms with Crippen LogP contribution in [0.3, 0.4) is 0 Å². The molecular weight excluding hydrogens is 294 g/mol. The number of rotatable bonds is 1. The van der Waals surface area contributed by atoms with E-state index in [1.54, 1.807) is 6.07 Å². The van der Waals surface area contributed by atoms with Crippen molar-refractivity contribution in [3.8, 4) is 6.07 Å². The first kappa shape index (κ1) is 12.3. The van der Waals surface area contributed by atoms with E-state index >= 15 is 0 Å². The van der Waals surface area contributed by atoms with E-state index < -0.39 is 11.7 Å². The molecule has 1 rings (SSSR count). The van der Waals surface area contributed by atoms with E-state index in [2.05, 4.69) is 15.9 Å². The maximum atomic E-state index is 12.5. The second kappa shape index (κ2) is 4.42. The molecule has 0 aromatic heterocycles. The Labute approximate surface area is 97.6 Å². The zero-order valence-electron chi connectivity index (χ0n) is 7.20. The fourth-order valence-corrected chi connectivity index (χ4v) is 1.96. The third-order valence-corrected chi connectivity index (χ3v) is 2.55. The summed E-state index contributed by atoms with van der Waals surface area (Å²) in [5.41, 5.74) is -1.02. The first-order chi connectivity index (χ1) is 6.90. The van der Waals surface area contributed by atoms with Gasteiger partial charge in [-0.2, -0.15) is 18.4 Å². The second-order valence-electron chi connectivity index (χ2n) is 2.72. The number of benzene rings is 1. The van der Waals surface area contributed by atoms with Gasteiger partial charge in [-0.25, -0.2) is 0 Å². The van der Waals surface area contributed by atoms with Crippen LogP contribution in [0.5, 0.6) is 0 Å². The molecular formula is C9H4BrClF3N. The van der Waals surface area contributed by atoms with Gasteiger partial charge in [-0.3, -0.25) is 0 Å². The molecule has 0 saturated heterocycles. The van der Waals surface area contributed by atoms with Crippen molar-refractivity contribution in [3.05, 3.63) is 33.8 Å². The Morgan fingerprint density at radius 1 is 1.40 bits per heavy atom. The van der Waals surface area contributed by atoms with Crippen LogP contribution in [0.1, 0.15) is 16.7 Å². The number of hydrogen-bond acceptors (Lipinski definition) is 1. The SMILES string of the molecule is N#Cc1cc(Cl)cc(C(F)(F)F)c1CBr. The summed E-state index contributed by atoms with van der Waals surface area (Å²) >= 11 is 8.42. The monoisotopic (exact) mass is 297 g/mol. The largest absolute Gasteiger partial charge is 0.416 e. The topological polar surface area (TPSA) is 23.8 Å². The van der Waals surface area contributed by atoms with Crippen LogP contribution >= 0.6 is 27.5 Å². The molecule has 0 amide bonds. The predicted octanol–water partition coefficient (Wildman–Crippen LogP) is 4.13. The third-order valence-electron chi connectivity index (χ3n) is 1.77. The molecule has 0 aliphatic rings. The molecule has 1 nitrogen and oxygen atoms in total. The Morgan fingerprint density at radius 2 is 2.00 bits per heavy atom. The normalized spacial score (nSPS) is 11.2. The summed E-state index contributed by atoms with van der Waals surface area (Å²) in [5.74, 6) is 0. The minimum Gasteiger partial charge on any atom is -0.192 e. The molecule has 0 aliphatic carbocycles. The summed E-state index contributed by atoms with van der Waals surface area (Å²) in [7, 11) is 0. The Kier molecular flexibility index (Phi) is 3.63. The predicted molar refractivity (Wildman–Crippen MR) is 53.8 cm³/mol. The van der Waals surface area contributed by atoms with E-state index in [-0.39, 0.29) is 21.5 Å². The van der Waals surface area contributed by atoms with Gasteiger partial charge in [0.25, 0.3) is 0 Å². The molecule has 0 fully saturated rings. The molecule has 0 spiro atoms. The average molecular weight is 298 g/mol. The lowest BCUT2D eigenvalue weighted by molar-refractivity contribution is -0.138. The van der Waals surface area contributed by atoms with Crippen molar-refractivity contribution in [2.24, 2.45) is 0 Å². The highest BCUT2D eigenvalue weighted by Crippen LogP contribution is 2.36. The summed E-state index contributed by atoms with van der Waals surface area (Å²) in [6.45, 7) is 0. The molecule has 0 bridgehead atoms. The zero-order valence-corrected chi connectivity index (χ0v) is 9.54. The van der Waals surface area contributed by atoms with Gasteiger partial charge in [0.2, 0.25) is 0 Å². The van der Waals surface area contributed by atoms with Crippen LogP contribution in [0.25, 0.3) is 0 Å². The number of hydrogen-bond donors (Lipinski definition) is 0. The van der Waals surface area contributed by atoms with E-state index in [1.807, 2.05) is 0 Å². The summed E-state index contributed by atoms with van der Waals surface area (Å²) in [4.78, 5) is 0. The zero-order chi connectivity index (χ0) is 11.6. The molecule has 0 radical (unpaired) electrons. The molecule has 0 N–H and O–H groups in total. The maximum absolute atomic E-state index is 12.5. The van der Waals surface area contributed by atoms with Crippen LogP contribution in [-0.4, -0.2) is 0 Å². The Balaban J connectivity index is 3.51. The summed E-state index contributed by atoms with van der Waals surface area (Å²) < 4.78 is 37.6. The van der Waals surface area contributed by atoms with Crippen molar-refractivity contribution < 1.29 is 13.2 Å². The van der Waals surface area contributed by atoms with Crippen LogP contribution < -0.4 is 0 Å². The van der Waals surface area contributed by atoms with Gasteiger partial charge in [0.15, 0.2) is 0 Å². The first-order valence-electron chi connectivity index (χ1n) is 3.76. The summed E-state index contributed by atoms with van der Waals surface area (Å²) in [5, 5.41) is 8.53. The van der Waals surface area contributed by atoms with Gasteiger partial charge in [0, 0.05) is 10.4 Å². The van der Waals surface area contributed by atoms with Crippen LogP contribution in [0.4, 0.5) is 13.2 Å². The molecule has 15 heavy (non-hydrogen) atoms. The van der Waals surface area contributed by atoms with Crippen molar-refractivity contribution in [1.82, 2.24) is 0 Å². The van der Waals surface area contributed by atoms with Gasteiger partial charge in [0.05, 0.1) is 17.2 Å². The lowest BCUT2D eigenvalue weighted by Crippen LogP contribution is -2.09. The second-order valence-corrected chi connectivity index (χ2v) is 3.72. The van der Waals surface area contributed by atoms with Crippen molar-refractivity contribution in [2.75, 3.05) is 0 Å². The molecule has 80 valence electrons. The summed E-state index contributed by atoms with van der Waals surface area (Å²) in [6, 6.07) is 3.72. The van der Waals surface area contributed by atoms with Gasteiger partial charge in [-0.15, -0.1) is 0 Å². The third kappa shape index (κ3) is 2.64. The van der Waals surface area contributed by atoms with Crippen molar-refractivity contribution in [2.45, 2.75) is 11.5 Å². The van der Waals surface area contributed by atoms with Crippen molar-refractivity contribution in [1.29, 1.82) is 5.26 Å². The molecule has 0 heterocycles. The van der Waals surface area contributed by atoms with Crippen LogP contribution in [-0.2, 0) is 11.5 Å². The Morgan fingerprint density at radius 3 is 2.40 bits per heavy atom. The quantitative estimate of drug-likeness (QED) is 0.715. The van der Waals surface area contributed by atoms with Crippen molar-refractivity contribution in [3.63, 3.8) is 0 Å². The van der Waals surface area contributed by atoms with E-state index in [0.29, 0.717) is 0 Å². The Bertz CT molecular complexity index is 423. The minimum atomic E-state index is -4.50. The fourth-order valence-electron chi connectivity index (χ4n) is 1.13. The highest BCUT2D eigenvalue weighted by Gasteiger charge is 2.34. The van der Waals surface area contributed by atoms with E-state index in [9.17, 15) is 13.2 Å². The van der Waals surface area contributed by atoms with Gasteiger partial charge >= 0.3 is 6.18 Å². The number of halogens is 5. The van der Waals surface area contributed by atoms with Crippen LogP contribution in [0.2, 0.25) is 5.02 Å². The average Bonchev–Trinajstić information content (AvgIpc) is 2.15. The standard InChI is InChI=1S/C9H4BrClF3N/c10-3-7-5(4-15)1-6(11)2-8(7)9(12,13)14/h1-2H,3H2. The Hall–Kier alpha value is -0.730. The molecule has 0 atom stereocenters. The van der Waals surface area contributed by atoms with Crippen LogP contribution in [0, 0.1) is 11.3 Å². The molecule has 6 heteroatoms. The maximum Gasteiger partial charge on any atom is 0.416 e. The molecule has 0 aliphatic heterocycles. The molecule has 0 saturated carbocycles. The van der Waals surface area contributed by atoms with Gasteiger partial charge < -0.3 is 0 Å². The van der Waals surface area contributed by atoms with Crippen LogP contribution in [0.15, 0.2) is 12.1 Å². The van der Waals surface area contributed by atoms with Gasteiger partial charge in [-0.1, -0.05) is 27.5 Å². The highest BCUT2D eigenvalue weighted by atomic mass is 79.9. The summed E-state index contributed by atoms with van der Waals surface area (Å²) in [6.07, 6.45) is -4.50. The van der Waals surface area contributed by atoms with E-state index in [0.717, 1.165) is 6.07 Å². The molecule has 1 aromatic carbocycles. The first-order valence-corrected chi connectivity index (χ1v) is 5.25. The van der Waals surface area contributed by atoms with E-state index in [4.69, 9.17) is 16.9 Å². The van der Waals surface area contributed by atoms with E-state index in [1.165, 1.54) is 6.07 Å². The lowest BCUT2D eigenvalue weighted by Gasteiger charge is -2.12.